The Morgan fingerprint density at radius 2 is 1.89 bits per heavy atom. The second-order valence-electron chi connectivity index (χ2n) is 5.83. The molecular formula is C14H23NO3. The average molecular weight is 253 g/mol. The number of carboxylic acids is 1. The van der Waals surface area contributed by atoms with Gasteiger partial charge in [0.1, 0.15) is 0 Å². The van der Waals surface area contributed by atoms with Crippen LogP contribution in [0.25, 0.3) is 0 Å². The number of aliphatic carboxylic acids is 1. The van der Waals surface area contributed by atoms with Crippen molar-refractivity contribution in [3.63, 3.8) is 0 Å². The normalized spacial score (nSPS) is 31.3. The minimum absolute atomic E-state index is 0.0968. The van der Waals surface area contributed by atoms with Crippen LogP contribution in [0.3, 0.4) is 0 Å². The summed E-state index contributed by atoms with van der Waals surface area (Å²) in [5, 5.41) is 11.6. The summed E-state index contributed by atoms with van der Waals surface area (Å²) in [5.41, 5.74) is 0. The van der Waals surface area contributed by atoms with E-state index in [2.05, 4.69) is 5.32 Å². The van der Waals surface area contributed by atoms with Gasteiger partial charge < -0.3 is 10.4 Å². The van der Waals surface area contributed by atoms with E-state index in [9.17, 15) is 9.59 Å². The lowest BCUT2D eigenvalue weighted by atomic mass is 10.0. The zero-order valence-corrected chi connectivity index (χ0v) is 11.0. The molecule has 0 saturated heterocycles. The molecule has 102 valence electrons. The monoisotopic (exact) mass is 253 g/mol. The van der Waals surface area contributed by atoms with Gasteiger partial charge in [-0.25, -0.2) is 0 Å². The Labute approximate surface area is 108 Å². The van der Waals surface area contributed by atoms with E-state index >= 15 is 0 Å². The number of amides is 1. The summed E-state index contributed by atoms with van der Waals surface area (Å²) in [4.78, 5) is 22.5. The molecule has 4 heteroatoms. The molecule has 2 fully saturated rings. The number of hydrogen-bond donors (Lipinski definition) is 2. The van der Waals surface area contributed by atoms with Crippen LogP contribution in [0.4, 0.5) is 0 Å². The summed E-state index contributed by atoms with van der Waals surface area (Å²) in [6, 6.07) is 0.0968. The molecule has 3 atom stereocenters. The van der Waals surface area contributed by atoms with Crippen molar-refractivity contribution >= 4 is 11.9 Å². The van der Waals surface area contributed by atoms with Gasteiger partial charge in [-0.1, -0.05) is 12.8 Å². The molecular weight excluding hydrogens is 230 g/mol. The van der Waals surface area contributed by atoms with Crippen LogP contribution in [0, 0.1) is 17.8 Å². The minimum atomic E-state index is -0.762. The highest BCUT2D eigenvalue weighted by atomic mass is 16.4. The molecule has 0 radical (unpaired) electrons. The van der Waals surface area contributed by atoms with Crippen molar-refractivity contribution in [2.75, 3.05) is 0 Å². The quantitative estimate of drug-likeness (QED) is 0.762. The predicted octanol–water partition coefficient (Wildman–Crippen LogP) is 2.18. The van der Waals surface area contributed by atoms with Crippen LogP contribution < -0.4 is 5.32 Å². The highest BCUT2D eigenvalue weighted by molar-refractivity contribution is 5.82. The third-order valence-electron chi connectivity index (χ3n) is 4.38. The van der Waals surface area contributed by atoms with Crippen molar-refractivity contribution in [3.05, 3.63) is 0 Å². The SMILES string of the molecule is CC(CCCC(=O)O)NC(=O)C1C2CCCCC21. The van der Waals surface area contributed by atoms with Crippen LogP contribution in [0.15, 0.2) is 0 Å². The fraction of sp³-hybridized carbons (Fsp3) is 0.857. The van der Waals surface area contributed by atoms with Crippen LogP contribution in [-0.4, -0.2) is 23.0 Å². The molecule has 0 spiro atoms. The van der Waals surface area contributed by atoms with E-state index in [1.54, 1.807) is 0 Å². The number of rotatable bonds is 6. The van der Waals surface area contributed by atoms with Crippen molar-refractivity contribution in [1.29, 1.82) is 0 Å². The van der Waals surface area contributed by atoms with Gasteiger partial charge in [-0.05, 0) is 44.4 Å². The van der Waals surface area contributed by atoms with E-state index in [4.69, 9.17) is 5.11 Å². The molecule has 2 saturated carbocycles. The topological polar surface area (TPSA) is 66.4 Å². The van der Waals surface area contributed by atoms with Gasteiger partial charge in [-0.3, -0.25) is 9.59 Å². The molecule has 4 nitrogen and oxygen atoms in total. The Morgan fingerprint density at radius 3 is 2.44 bits per heavy atom. The molecule has 0 aromatic carbocycles. The summed E-state index contributed by atoms with van der Waals surface area (Å²) < 4.78 is 0. The van der Waals surface area contributed by atoms with Crippen LogP contribution in [-0.2, 0) is 9.59 Å². The Kier molecular flexibility index (Phi) is 4.25. The Bertz CT molecular complexity index is 317. The number of carboxylic acid groups (broad SMARTS) is 1. The van der Waals surface area contributed by atoms with E-state index in [-0.39, 0.29) is 24.3 Å². The summed E-state index contributed by atoms with van der Waals surface area (Å²) >= 11 is 0. The van der Waals surface area contributed by atoms with Gasteiger partial charge in [-0.2, -0.15) is 0 Å². The first-order valence-corrected chi connectivity index (χ1v) is 7.11. The van der Waals surface area contributed by atoms with Gasteiger partial charge in [0, 0.05) is 18.4 Å². The first kappa shape index (κ1) is 13.4. The standard InChI is InChI=1S/C14H23NO3/c1-9(5-4-8-12(16)17)15-14(18)13-10-6-2-3-7-11(10)13/h9-11,13H,2-8H2,1H3,(H,15,18)(H,16,17). The third kappa shape index (κ3) is 3.24. The lowest BCUT2D eigenvalue weighted by Crippen LogP contribution is -2.34. The highest BCUT2D eigenvalue weighted by Gasteiger charge is 2.54. The Morgan fingerprint density at radius 1 is 1.28 bits per heavy atom. The number of carbonyl (C=O) groups is 2. The molecule has 0 aromatic rings. The van der Waals surface area contributed by atoms with Crippen molar-refractivity contribution in [2.24, 2.45) is 17.8 Å². The van der Waals surface area contributed by atoms with Crippen molar-refractivity contribution in [3.8, 4) is 0 Å². The molecule has 1 amide bonds. The Hall–Kier alpha value is -1.06. The number of hydrogen-bond acceptors (Lipinski definition) is 2. The first-order chi connectivity index (χ1) is 8.59. The smallest absolute Gasteiger partial charge is 0.303 e. The van der Waals surface area contributed by atoms with Crippen LogP contribution in [0.5, 0.6) is 0 Å². The maximum atomic E-state index is 12.1. The Balaban J connectivity index is 1.66. The largest absolute Gasteiger partial charge is 0.481 e. The zero-order chi connectivity index (χ0) is 13.1. The van der Waals surface area contributed by atoms with Crippen molar-refractivity contribution < 1.29 is 14.7 Å². The first-order valence-electron chi connectivity index (χ1n) is 7.11. The fourth-order valence-corrected chi connectivity index (χ4v) is 3.35. The molecule has 3 unspecified atom stereocenters. The van der Waals surface area contributed by atoms with E-state index in [1.807, 2.05) is 6.92 Å². The van der Waals surface area contributed by atoms with E-state index in [1.165, 1.54) is 25.7 Å². The molecule has 18 heavy (non-hydrogen) atoms. The number of nitrogens with one attached hydrogen (secondary N) is 1. The van der Waals surface area contributed by atoms with Crippen LogP contribution in [0.2, 0.25) is 0 Å². The van der Waals surface area contributed by atoms with Gasteiger partial charge >= 0.3 is 5.97 Å². The molecule has 0 aromatic heterocycles. The van der Waals surface area contributed by atoms with Gasteiger partial charge in [0.25, 0.3) is 0 Å². The summed E-state index contributed by atoms with van der Waals surface area (Å²) in [7, 11) is 0. The molecule has 2 aliphatic rings. The molecule has 2 N–H and O–H groups in total. The third-order valence-corrected chi connectivity index (χ3v) is 4.38. The van der Waals surface area contributed by atoms with Gasteiger partial charge in [0.05, 0.1) is 0 Å². The summed E-state index contributed by atoms with van der Waals surface area (Å²) in [5.74, 6) is 0.987. The molecule has 2 rings (SSSR count). The maximum absolute atomic E-state index is 12.1. The molecule has 0 bridgehead atoms. The van der Waals surface area contributed by atoms with Crippen LogP contribution in [0.1, 0.15) is 51.9 Å². The van der Waals surface area contributed by atoms with E-state index in [0.29, 0.717) is 18.3 Å². The van der Waals surface area contributed by atoms with E-state index in [0.717, 1.165) is 6.42 Å². The lowest BCUT2D eigenvalue weighted by molar-refractivity contribution is -0.137. The van der Waals surface area contributed by atoms with E-state index < -0.39 is 5.97 Å². The minimum Gasteiger partial charge on any atom is -0.481 e. The van der Waals surface area contributed by atoms with Gasteiger partial charge in [0.2, 0.25) is 5.91 Å². The summed E-state index contributed by atoms with van der Waals surface area (Å²) in [6.45, 7) is 1.96. The van der Waals surface area contributed by atoms with Crippen molar-refractivity contribution in [1.82, 2.24) is 5.32 Å². The molecule has 2 aliphatic carbocycles. The zero-order valence-electron chi connectivity index (χ0n) is 11.0. The maximum Gasteiger partial charge on any atom is 0.303 e. The molecule has 0 heterocycles. The lowest BCUT2D eigenvalue weighted by Gasteiger charge is -2.13. The number of fused-ring (bicyclic) bond motifs is 1. The predicted molar refractivity (Wildman–Crippen MR) is 68.0 cm³/mol. The average Bonchev–Trinajstić information content (AvgIpc) is 3.02. The second kappa shape index (κ2) is 5.72. The van der Waals surface area contributed by atoms with Gasteiger partial charge in [0.15, 0.2) is 0 Å². The number of carbonyl (C=O) groups excluding carboxylic acids is 1. The highest BCUT2D eigenvalue weighted by Crippen LogP contribution is 2.55. The summed E-state index contributed by atoms with van der Waals surface area (Å²) in [6.07, 6.45) is 6.56. The van der Waals surface area contributed by atoms with Gasteiger partial charge in [-0.15, -0.1) is 0 Å². The molecule has 0 aliphatic heterocycles. The van der Waals surface area contributed by atoms with Crippen molar-refractivity contribution in [2.45, 2.75) is 57.9 Å². The second-order valence-corrected chi connectivity index (χ2v) is 5.83. The fourth-order valence-electron chi connectivity index (χ4n) is 3.35. The van der Waals surface area contributed by atoms with Crippen LogP contribution >= 0.6 is 0 Å².